The second-order valence-electron chi connectivity index (χ2n) is 6.34. The third kappa shape index (κ3) is 6.60. The molecular weight excluding hydrogens is 314 g/mol. The van der Waals surface area contributed by atoms with E-state index in [1.54, 1.807) is 18.2 Å². The van der Waals surface area contributed by atoms with Gasteiger partial charge >= 0.3 is 10.1 Å². The molecule has 1 aromatic carbocycles. The summed E-state index contributed by atoms with van der Waals surface area (Å²) in [6.45, 7) is 10.5. The Balaban J connectivity index is 2.94. The molecule has 0 aliphatic carbocycles. The molecule has 0 N–H and O–H groups in total. The maximum absolute atomic E-state index is 12.3. The van der Waals surface area contributed by atoms with Gasteiger partial charge in [0.25, 0.3) is 0 Å². The molecule has 0 aromatic heterocycles. The van der Waals surface area contributed by atoms with Crippen molar-refractivity contribution in [3.05, 3.63) is 29.8 Å². The number of carbonyl (C=O) groups is 1. The molecule has 0 aliphatic heterocycles. The monoisotopic (exact) mass is 341 g/mol. The molecule has 1 amide bonds. The summed E-state index contributed by atoms with van der Waals surface area (Å²) < 4.78 is 28.1. The Morgan fingerprint density at radius 3 is 2.39 bits per heavy atom. The van der Waals surface area contributed by atoms with Crippen molar-refractivity contribution in [3.63, 3.8) is 0 Å². The van der Waals surface area contributed by atoms with E-state index in [2.05, 4.69) is 13.8 Å². The number of amides is 1. The molecule has 0 heterocycles. The number of hydrogen-bond acceptors (Lipinski definition) is 4. The molecule has 0 aliphatic rings. The van der Waals surface area contributed by atoms with E-state index in [9.17, 15) is 13.2 Å². The average molecular weight is 341 g/mol. The molecule has 23 heavy (non-hydrogen) atoms. The SMILES string of the molecule is CCS(=O)(=O)Oc1cccc(CN(CC(C)C)C(=O)C(C)C)c1. The summed E-state index contributed by atoms with van der Waals surface area (Å²) >= 11 is 0. The van der Waals surface area contributed by atoms with E-state index < -0.39 is 10.1 Å². The molecule has 6 heteroatoms. The maximum Gasteiger partial charge on any atom is 0.308 e. The Labute approximate surface area is 139 Å². The lowest BCUT2D eigenvalue weighted by atomic mass is 10.1. The molecule has 1 aromatic rings. The van der Waals surface area contributed by atoms with Crippen molar-refractivity contribution in [2.75, 3.05) is 12.3 Å². The molecule has 0 spiro atoms. The zero-order chi connectivity index (χ0) is 17.6. The van der Waals surface area contributed by atoms with Crippen molar-refractivity contribution < 1.29 is 17.4 Å². The van der Waals surface area contributed by atoms with E-state index in [1.165, 1.54) is 6.92 Å². The molecular formula is C17H27NO4S. The van der Waals surface area contributed by atoms with Crippen LogP contribution in [0.4, 0.5) is 0 Å². The van der Waals surface area contributed by atoms with Crippen LogP contribution in [0.2, 0.25) is 0 Å². The number of carbonyl (C=O) groups excluding carboxylic acids is 1. The standard InChI is InChI=1S/C17H27NO4S/c1-6-23(20,21)22-16-9-7-8-15(10-16)12-18(11-13(2)3)17(19)14(4)5/h7-10,13-14H,6,11-12H2,1-5H3. The van der Waals surface area contributed by atoms with Gasteiger partial charge in [-0.15, -0.1) is 0 Å². The van der Waals surface area contributed by atoms with Gasteiger partial charge in [0.1, 0.15) is 5.75 Å². The minimum atomic E-state index is -3.55. The van der Waals surface area contributed by atoms with Crippen molar-refractivity contribution in [1.82, 2.24) is 4.90 Å². The Morgan fingerprint density at radius 2 is 1.87 bits per heavy atom. The minimum Gasteiger partial charge on any atom is -0.382 e. The van der Waals surface area contributed by atoms with Gasteiger partial charge in [-0.05, 0) is 30.5 Å². The topological polar surface area (TPSA) is 63.7 Å². The molecule has 0 radical (unpaired) electrons. The van der Waals surface area contributed by atoms with Crippen LogP contribution in [0.25, 0.3) is 0 Å². The summed E-state index contributed by atoms with van der Waals surface area (Å²) in [6.07, 6.45) is 0. The molecule has 130 valence electrons. The third-order valence-electron chi connectivity index (χ3n) is 3.24. The first-order valence-corrected chi connectivity index (χ1v) is 9.52. The highest BCUT2D eigenvalue weighted by Crippen LogP contribution is 2.18. The Bertz CT molecular complexity index is 623. The molecule has 0 fully saturated rings. The number of benzene rings is 1. The van der Waals surface area contributed by atoms with E-state index in [1.807, 2.05) is 24.8 Å². The summed E-state index contributed by atoms with van der Waals surface area (Å²) in [5, 5.41) is 0. The molecule has 5 nitrogen and oxygen atoms in total. The lowest BCUT2D eigenvalue weighted by Crippen LogP contribution is -2.36. The van der Waals surface area contributed by atoms with E-state index >= 15 is 0 Å². The lowest BCUT2D eigenvalue weighted by molar-refractivity contribution is -0.135. The third-order valence-corrected chi connectivity index (χ3v) is 4.39. The van der Waals surface area contributed by atoms with Gasteiger partial charge in [-0.2, -0.15) is 8.42 Å². The van der Waals surface area contributed by atoms with Crippen molar-refractivity contribution in [2.24, 2.45) is 11.8 Å². The molecule has 0 unspecified atom stereocenters. The summed E-state index contributed by atoms with van der Waals surface area (Å²) in [5.74, 6) is 0.575. The minimum absolute atomic E-state index is 0.0753. The van der Waals surface area contributed by atoms with Crippen LogP contribution in [-0.2, 0) is 21.5 Å². The molecule has 0 saturated carbocycles. The van der Waals surface area contributed by atoms with Crippen molar-refractivity contribution >= 4 is 16.0 Å². The van der Waals surface area contributed by atoms with Crippen LogP contribution < -0.4 is 4.18 Å². The number of hydrogen-bond donors (Lipinski definition) is 0. The molecule has 0 saturated heterocycles. The zero-order valence-electron chi connectivity index (χ0n) is 14.6. The average Bonchev–Trinajstić information content (AvgIpc) is 2.45. The highest BCUT2D eigenvalue weighted by Gasteiger charge is 2.19. The summed E-state index contributed by atoms with van der Waals surface area (Å²) in [6, 6.07) is 6.89. The molecule has 1 rings (SSSR count). The van der Waals surface area contributed by atoms with Crippen LogP contribution in [0.1, 0.15) is 40.2 Å². The van der Waals surface area contributed by atoms with Gasteiger partial charge in [-0.1, -0.05) is 39.8 Å². The van der Waals surface area contributed by atoms with Gasteiger partial charge in [0.05, 0.1) is 5.75 Å². The van der Waals surface area contributed by atoms with Crippen LogP contribution in [0, 0.1) is 11.8 Å². The Hall–Kier alpha value is -1.56. The predicted molar refractivity (Wildman–Crippen MR) is 91.6 cm³/mol. The summed E-state index contributed by atoms with van der Waals surface area (Å²) in [5.41, 5.74) is 0.850. The van der Waals surface area contributed by atoms with Crippen LogP contribution in [0.5, 0.6) is 5.75 Å². The summed E-state index contributed by atoms with van der Waals surface area (Å²) in [7, 11) is -3.55. The first kappa shape index (κ1) is 19.5. The smallest absolute Gasteiger partial charge is 0.308 e. The second kappa shape index (κ2) is 8.34. The van der Waals surface area contributed by atoms with Crippen LogP contribution in [0.3, 0.4) is 0 Å². The fraction of sp³-hybridized carbons (Fsp3) is 0.588. The Morgan fingerprint density at radius 1 is 1.22 bits per heavy atom. The normalized spacial score (nSPS) is 11.8. The van der Waals surface area contributed by atoms with Crippen LogP contribution >= 0.6 is 0 Å². The van der Waals surface area contributed by atoms with E-state index in [0.29, 0.717) is 19.0 Å². The van der Waals surface area contributed by atoms with Gasteiger partial charge in [0, 0.05) is 19.0 Å². The first-order valence-electron chi connectivity index (χ1n) is 7.94. The van der Waals surface area contributed by atoms with E-state index in [4.69, 9.17) is 4.18 Å². The molecule has 0 bridgehead atoms. The number of nitrogens with zero attached hydrogens (tertiary/aromatic N) is 1. The molecule has 0 atom stereocenters. The van der Waals surface area contributed by atoms with Crippen molar-refractivity contribution in [1.29, 1.82) is 0 Å². The van der Waals surface area contributed by atoms with Crippen molar-refractivity contribution in [2.45, 2.75) is 41.2 Å². The van der Waals surface area contributed by atoms with Gasteiger partial charge in [-0.3, -0.25) is 4.79 Å². The largest absolute Gasteiger partial charge is 0.382 e. The van der Waals surface area contributed by atoms with E-state index in [0.717, 1.165) is 5.56 Å². The van der Waals surface area contributed by atoms with Crippen molar-refractivity contribution in [3.8, 4) is 5.75 Å². The zero-order valence-corrected chi connectivity index (χ0v) is 15.4. The lowest BCUT2D eigenvalue weighted by Gasteiger charge is -2.26. The Kier molecular flexibility index (Phi) is 7.06. The van der Waals surface area contributed by atoms with E-state index in [-0.39, 0.29) is 23.3 Å². The first-order chi connectivity index (χ1) is 10.6. The van der Waals surface area contributed by atoms with Gasteiger partial charge < -0.3 is 9.08 Å². The summed E-state index contributed by atoms with van der Waals surface area (Å²) in [4.78, 5) is 14.1. The quantitative estimate of drug-likeness (QED) is 0.682. The van der Waals surface area contributed by atoms with Crippen LogP contribution in [-0.4, -0.2) is 31.5 Å². The van der Waals surface area contributed by atoms with Gasteiger partial charge in [0.2, 0.25) is 5.91 Å². The fourth-order valence-electron chi connectivity index (χ4n) is 2.16. The van der Waals surface area contributed by atoms with Crippen LogP contribution in [0.15, 0.2) is 24.3 Å². The van der Waals surface area contributed by atoms with Gasteiger partial charge in [-0.25, -0.2) is 0 Å². The number of rotatable bonds is 8. The van der Waals surface area contributed by atoms with Gasteiger partial charge in [0.15, 0.2) is 0 Å². The highest BCUT2D eigenvalue weighted by molar-refractivity contribution is 7.87. The second-order valence-corrected chi connectivity index (χ2v) is 8.20. The highest BCUT2D eigenvalue weighted by atomic mass is 32.2. The predicted octanol–water partition coefficient (Wildman–Crippen LogP) is 3.06. The maximum atomic E-state index is 12.3. The fourth-order valence-corrected chi connectivity index (χ4v) is 2.67.